The van der Waals surface area contributed by atoms with Gasteiger partial charge in [0.1, 0.15) is 12.4 Å². The molecule has 0 N–H and O–H groups in total. The van der Waals surface area contributed by atoms with E-state index < -0.39 is 21.3 Å². The molecule has 3 rings (SSSR count). The Hall–Kier alpha value is -2.92. The Morgan fingerprint density at radius 2 is 1.71 bits per heavy atom. The van der Waals surface area contributed by atoms with Crippen LogP contribution in [0.5, 0.6) is 5.75 Å². The number of hydrogen-bond acceptors (Lipinski definition) is 6. The molecule has 0 saturated heterocycles. The second kappa shape index (κ2) is 7.24. The SMILES string of the molecule is CN(C)S(=O)(=O)c1ccc(OCCn2cnc3c2c(=O)n(C)c(=O)n3C)cc1. The van der Waals surface area contributed by atoms with Crippen LogP contribution in [-0.2, 0) is 30.7 Å². The molecule has 3 aromatic rings. The molecular formula is C17H21N5O5S. The van der Waals surface area contributed by atoms with Crippen molar-refractivity contribution >= 4 is 21.2 Å². The largest absolute Gasteiger partial charge is 0.492 e. The molecule has 0 fully saturated rings. The molecular weight excluding hydrogens is 386 g/mol. The number of hydrogen-bond donors (Lipinski definition) is 0. The molecule has 0 aliphatic carbocycles. The molecule has 2 heterocycles. The van der Waals surface area contributed by atoms with Crippen molar-refractivity contribution in [1.82, 2.24) is 23.0 Å². The van der Waals surface area contributed by atoms with Crippen molar-refractivity contribution in [2.75, 3.05) is 20.7 Å². The Bertz CT molecular complexity index is 1240. The van der Waals surface area contributed by atoms with E-state index in [2.05, 4.69) is 4.98 Å². The lowest BCUT2D eigenvalue weighted by atomic mass is 10.3. The highest BCUT2D eigenvalue weighted by Crippen LogP contribution is 2.18. The van der Waals surface area contributed by atoms with Crippen molar-refractivity contribution in [3.05, 3.63) is 51.4 Å². The number of rotatable bonds is 6. The van der Waals surface area contributed by atoms with Gasteiger partial charge < -0.3 is 9.30 Å². The summed E-state index contributed by atoms with van der Waals surface area (Å²) in [6.07, 6.45) is 1.49. The molecule has 0 unspecified atom stereocenters. The average Bonchev–Trinajstić information content (AvgIpc) is 3.09. The number of benzene rings is 1. The van der Waals surface area contributed by atoms with Gasteiger partial charge in [0.25, 0.3) is 5.56 Å². The van der Waals surface area contributed by atoms with E-state index in [0.717, 1.165) is 8.87 Å². The van der Waals surface area contributed by atoms with Gasteiger partial charge in [-0.3, -0.25) is 13.9 Å². The number of ether oxygens (including phenoxy) is 1. The van der Waals surface area contributed by atoms with Crippen molar-refractivity contribution in [2.45, 2.75) is 11.4 Å². The van der Waals surface area contributed by atoms with Crippen LogP contribution in [-0.4, -0.2) is 52.1 Å². The first-order valence-corrected chi connectivity index (χ1v) is 9.85. The first-order chi connectivity index (χ1) is 13.1. The second-order valence-electron chi connectivity index (χ2n) is 6.42. The number of imidazole rings is 1. The number of sulfonamides is 1. The normalized spacial score (nSPS) is 12.0. The van der Waals surface area contributed by atoms with E-state index in [4.69, 9.17) is 4.74 Å². The standard InChI is InChI=1S/C17H21N5O5S/c1-19(2)28(25,26)13-7-5-12(6-8-13)27-10-9-22-11-18-15-14(22)16(23)21(4)17(24)20(15)3/h5-8,11H,9-10H2,1-4H3. The van der Waals surface area contributed by atoms with Gasteiger partial charge in [0.05, 0.1) is 17.8 Å². The summed E-state index contributed by atoms with van der Waals surface area (Å²) in [6.45, 7) is 0.568. The summed E-state index contributed by atoms with van der Waals surface area (Å²) >= 11 is 0. The van der Waals surface area contributed by atoms with Gasteiger partial charge >= 0.3 is 5.69 Å². The maximum atomic E-state index is 12.4. The third-order valence-electron chi connectivity index (χ3n) is 4.42. The lowest BCUT2D eigenvalue weighted by molar-refractivity contribution is 0.299. The maximum Gasteiger partial charge on any atom is 0.332 e. The third-order valence-corrected chi connectivity index (χ3v) is 6.25. The van der Waals surface area contributed by atoms with E-state index in [0.29, 0.717) is 23.5 Å². The molecule has 0 bridgehead atoms. The Morgan fingerprint density at radius 1 is 1.07 bits per heavy atom. The van der Waals surface area contributed by atoms with Crippen molar-refractivity contribution in [3.8, 4) is 5.75 Å². The third kappa shape index (κ3) is 3.34. The summed E-state index contributed by atoms with van der Waals surface area (Å²) in [4.78, 5) is 28.7. The summed E-state index contributed by atoms with van der Waals surface area (Å²) in [5.41, 5.74) is -0.229. The van der Waals surface area contributed by atoms with Crippen LogP contribution in [0.2, 0.25) is 0 Å². The highest BCUT2D eigenvalue weighted by Gasteiger charge is 2.17. The Morgan fingerprint density at radius 3 is 2.32 bits per heavy atom. The minimum absolute atomic E-state index is 0.176. The lowest BCUT2D eigenvalue weighted by Crippen LogP contribution is -2.37. The molecule has 0 radical (unpaired) electrons. The van der Waals surface area contributed by atoms with Gasteiger partial charge in [-0.1, -0.05) is 0 Å². The first-order valence-electron chi connectivity index (χ1n) is 8.41. The van der Waals surface area contributed by atoms with Crippen LogP contribution in [0.3, 0.4) is 0 Å². The highest BCUT2D eigenvalue weighted by molar-refractivity contribution is 7.89. The molecule has 0 spiro atoms. The van der Waals surface area contributed by atoms with Crippen LogP contribution in [0.4, 0.5) is 0 Å². The number of nitrogens with zero attached hydrogens (tertiary/aromatic N) is 5. The first kappa shape index (κ1) is 19.8. The molecule has 10 nitrogen and oxygen atoms in total. The summed E-state index contributed by atoms with van der Waals surface area (Å²) in [5.74, 6) is 0.502. The van der Waals surface area contributed by atoms with Crippen LogP contribution in [0.15, 0.2) is 45.1 Å². The number of aromatic nitrogens is 4. The van der Waals surface area contributed by atoms with Crippen LogP contribution >= 0.6 is 0 Å². The molecule has 1 aromatic carbocycles. The smallest absolute Gasteiger partial charge is 0.332 e. The predicted molar refractivity (Wildman–Crippen MR) is 103 cm³/mol. The summed E-state index contributed by atoms with van der Waals surface area (Å²) in [6, 6.07) is 6.10. The predicted octanol–water partition coefficient (Wildman–Crippen LogP) is -0.237. The number of aryl methyl sites for hydroxylation is 1. The van der Waals surface area contributed by atoms with E-state index in [1.807, 2.05) is 0 Å². The van der Waals surface area contributed by atoms with Gasteiger partial charge in [0.15, 0.2) is 11.2 Å². The topological polar surface area (TPSA) is 108 Å². The van der Waals surface area contributed by atoms with Gasteiger partial charge in [-0.2, -0.15) is 0 Å². The minimum Gasteiger partial charge on any atom is -0.492 e. The molecule has 0 aliphatic heterocycles. The fraction of sp³-hybridized carbons (Fsp3) is 0.353. The van der Waals surface area contributed by atoms with E-state index in [1.54, 1.807) is 23.7 Å². The average molecular weight is 407 g/mol. The van der Waals surface area contributed by atoms with Gasteiger partial charge in [-0.25, -0.2) is 22.5 Å². The van der Waals surface area contributed by atoms with Crippen molar-refractivity contribution in [3.63, 3.8) is 0 Å². The molecule has 0 saturated carbocycles. The molecule has 0 aliphatic rings. The van der Waals surface area contributed by atoms with E-state index in [1.165, 1.54) is 44.2 Å². The maximum absolute atomic E-state index is 12.4. The Balaban J connectivity index is 1.76. The molecule has 11 heteroatoms. The van der Waals surface area contributed by atoms with Gasteiger partial charge in [-0.05, 0) is 24.3 Å². The minimum atomic E-state index is -3.49. The van der Waals surface area contributed by atoms with Crippen LogP contribution in [0, 0.1) is 0 Å². The highest BCUT2D eigenvalue weighted by atomic mass is 32.2. The molecule has 150 valence electrons. The quantitative estimate of drug-likeness (QED) is 0.558. The summed E-state index contributed by atoms with van der Waals surface area (Å²) < 4.78 is 34.9. The Kier molecular flexibility index (Phi) is 5.13. The molecule has 0 atom stereocenters. The molecule has 0 amide bonds. The van der Waals surface area contributed by atoms with E-state index in [9.17, 15) is 18.0 Å². The summed E-state index contributed by atoms with van der Waals surface area (Å²) in [5, 5.41) is 0. The zero-order chi connectivity index (χ0) is 20.6. The number of fused-ring (bicyclic) bond motifs is 1. The van der Waals surface area contributed by atoms with Crippen LogP contribution in [0.1, 0.15) is 0 Å². The van der Waals surface area contributed by atoms with Crippen LogP contribution in [0.25, 0.3) is 11.2 Å². The van der Waals surface area contributed by atoms with E-state index in [-0.39, 0.29) is 11.5 Å². The molecule has 2 aromatic heterocycles. The molecule has 28 heavy (non-hydrogen) atoms. The van der Waals surface area contributed by atoms with Crippen LogP contribution < -0.4 is 16.0 Å². The Labute approximate surface area is 161 Å². The van der Waals surface area contributed by atoms with Gasteiger partial charge in [-0.15, -0.1) is 0 Å². The fourth-order valence-corrected chi connectivity index (χ4v) is 3.65. The zero-order valence-electron chi connectivity index (χ0n) is 16.0. The van der Waals surface area contributed by atoms with Crippen molar-refractivity contribution in [2.24, 2.45) is 14.1 Å². The van der Waals surface area contributed by atoms with Gasteiger partial charge in [0, 0.05) is 28.2 Å². The summed E-state index contributed by atoms with van der Waals surface area (Å²) in [7, 11) is 2.42. The lowest BCUT2D eigenvalue weighted by Gasteiger charge is -2.12. The van der Waals surface area contributed by atoms with Crippen molar-refractivity contribution < 1.29 is 13.2 Å². The monoisotopic (exact) mass is 407 g/mol. The van der Waals surface area contributed by atoms with Crippen molar-refractivity contribution in [1.29, 1.82) is 0 Å². The van der Waals surface area contributed by atoms with E-state index >= 15 is 0 Å². The van der Waals surface area contributed by atoms with Gasteiger partial charge in [0.2, 0.25) is 10.0 Å². The fourth-order valence-electron chi connectivity index (χ4n) is 2.75. The zero-order valence-corrected chi connectivity index (χ0v) is 16.8. The second-order valence-corrected chi connectivity index (χ2v) is 8.58.